The average Bonchev–Trinajstić information content (AvgIpc) is 3.08. The fraction of sp³-hybridized carbons (Fsp3) is 0.308. The van der Waals surface area contributed by atoms with E-state index in [4.69, 9.17) is 0 Å². The Morgan fingerprint density at radius 2 is 2.10 bits per heavy atom. The minimum absolute atomic E-state index is 0.173. The van der Waals surface area contributed by atoms with Crippen LogP contribution in [-0.4, -0.2) is 14.3 Å². The number of thiophene rings is 2. The Morgan fingerprint density at radius 3 is 2.85 bits per heavy atom. The van der Waals surface area contributed by atoms with Gasteiger partial charge < -0.3 is 0 Å². The van der Waals surface area contributed by atoms with Gasteiger partial charge in [-0.1, -0.05) is 6.07 Å². The lowest BCUT2D eigenvalue weighted by Gasteiger charge is -2.21. The minimum atomic E-state index is -3.73. The Kier molecular flexibility index (Phi) is 3.66. The number of rotatable bonds is 3. The Bertz CT molecular complexity index is 716. The van der Waals surface area contributed by atoms with Crippen LogP contribution in [0.4, 0.5) is 0 Å². The van der Waals surface area contributed by atoms with Crippen molar-refractivity contribution in [1.82, 2.24) is 4.72 Å². The molecule has 0 aliphatic heterocycles. The topological polar surface area (TPSA) is 63.2 Å². The number of aryl methyl sites for hydroxylation is 1. The van der Waals surface area contributed by atoms with E-state index in [1.54, 1.807) is 22.8 Å². The number of hydrogen-bond acceptors (Lipinski definition) is 5. The molecule has 106 valence electrons. The molecule has 2 heterocycles. The van der Waals surface area contributed by atoms with Gasteiger partial charge in [0.15, 0.2) is 0 Å². The molecule has 0 saturated carbocycles. The van der Waals surface area contributed by atoms with E-state index in [-0.39, 0.29) is 10.1 Å². The van der Waals surface area contributed by atoms with Gasteiger partial charge in [-0.25, -0.2) is 13.1 Å². The molecule has 0 bridgehead atoms. The lowest BCUT2D eigenvalue weighted by Crippen LogP contribution is -2.35. The smallest absolute Gasteiger partial charge is 0.273 e. The zero-order valence-electron chi connectivity index (χ0n) is 10.5. The van der Waals surface area contributed by atoms with E-state index in [0.29, 0.717) is 6.42 Å². The van der Waals surface area contributed by atoms with Crippen LogP contribution in [0.2, 0.25) is 0 Å². The van der Waals surface area contributed by atoms with Crippen LogP contribution in [0.25, 0.3) is 0 Å². The van der Waals surface area contributed by atoms with E-state index in [1.165, 1.54) is 10.9 Å². The van der Waals surface area contributed by atoms with Crippen LogP contribution in [0.15, 0.2) is 33.2 Å². The van der Waals surface area contributed by atoms with Gasteiger partial charge in [-0.3, -0.25) is 4.79 Å². The van der Waals surface area contributed by atoms with Crippen LogP contribution in [-0.2, 0) is 21.2 Å². The maximum atomic E-state index is 12.3. The third kappa shape index (κ3) is 2.53. The fourth-order valence-electron chi connectivity index (χ4n) is 2.43. The third-order valence-electron chi connectivity index (χ3n) is 3.36. The van der Waals surface area contributed by atoms with E-state index < -0.39 is 15.9 Å². The normalized spacial score (nSPS) is 18.5. The van der Waals surface area contributed by atoms with E-state index in [9.17, 15) is 13.2 Å². The summed E-state index contributed by atoms with van der Waals surface area (Å²) in [5.41, 5.74) is 0.986. The van der Waals surface area contributed by atoms with Crippen LogP contribution < -0.4 is 4.72 Å². The van der Waals surface area contributed by atoms with Gasteiger partial charge in [0, 0.05) is 4.88 Å². The first-order chi connectivity index (χ1) is 9.58. The second-order valence-electron chi connectivity index (χ2n) is 4.65. The zero-order valence-corrected chi connectivity index (χ0v) is 13.0. The maximum Gasteiger partial charge on any atom is 0.273 e. The van der Waals surface area contributed by atoms with Crippen molar-refractivity contribution in [3.05, 3.63) is 39.4 Å². The quantitative estimate of drug-likeness (QED) is 0.943. The van der Waals surface area contributed by atoms with Crippen molar-refractivity contribution in [1.29, 1.82) is 0 Å². The highest BCUT2D eigenvalue weighted by atomic mass is 32.2. The fourth-order valence-corrected chi connectivity index (χ4v) is 5.43. The van der Waals surface area contributed by atoms with Crippen LogP contribution in [0.5, 0.6) is 0 Å². The van der Waals surface area contributed by atoms with Crippen molar-refractivity contribution >= 4 is 38.6 Å². The molecule has 1 aliphatic carbocycles. The monoisotopic (exact) mass is 327 g/mol. The van der Waals surface area contributed by atoms with Gasteiger partial charge in [-0.15, -0.1) is 22.7 Å². The Morgan fingerprint density at radius 1 is 1.25 bits per heavy atom. The molecule has 0 aromatic carbocycles. The SMILES string of the molecule is O=C(NS(=O)(=O)c1cccs1)C1CCCc2sccc21. The van der Waals surface area contributed by atoms with Crippen LogP contribution in [0, 0.1) is 0 Å². The van der Waals surface area contributed by atoms with Gasteiger partial charge in [-0.2, -0.15) is 0 Å². The molecule has 20 heavy (non-hydrogen) atoms. The van der Waals surface area contributed by atoms with Gasteiger partial charge in [0.05, 0.1) is 5.92 Å². The molecule has 1 aliphatic rings. The van der Waals surface area contributed by atoms with Gasteiger partial charge >= 0.3 is 0 Å². The van der Waals surface area contributed by atoms with E-state index in [0.717, 1.165) is 29.7 Å². The molecule has 1 amide bonds. The standard InChI is InChI=1S/C13H13NO3S3/c15-13(14-20(16,17)12-5-2-7-19-12)10-3-1-4-11-9(10)6-8-18-11/h2,5-8,10H,1,3-4H2,(H,14,15). The molecule has 1 unspecified atom stereocenters. The number of hydrogen-bond donors (Lipinski definition) is 1. The molecule has 2 aromatic heterocycles. The Hall–Kier alpha value is -1.18. The summed E-state index contributed by atoms with van der Waals surface area (Å²) < 4.78 is 26.5. The van der Waals surface area contributed by atoms with E-state index >= 15 is 0 Å². The lowest BCUT2D eigenvalue weighted by atomic mass is 9.87. The maximum absolute atomic E-state index is 12.3. The largest absolute Gasteiger partial charge is 0.273 e. The highest BCUT2D eigenvalue weighted by Crippen LogP contribution is 2.35. The van der Waals surface area contributed by atoms with Gasteiger partial charge in [0.1, 0.15) is 4.21 Å². The van der Waals surface area contributed by atoms with Crippen LogP contribution >= 0.6 is 22.7 Å². The van der Waals surface area contributed by atoms with Crippen molar-refractivity contribution in [2.45, 2.75) is 29.4 Å². The second kappa shape index (κ2) is 5.31. The van der Waals surface area contributed by atoms with Crippen molar-refractivity contribution in [2.24, 2.45) is 0 Å². The number of carbonyl (C=O) groups is 1. The van der Waals surface area contributed by atoms with E-state index in [2.05, 4.69) is 4.72 Å². The molecule has 2 aromatic rings. The third-order valence-corrected chi connectivity index (χ3v) is 7.10. The highest BCUT2D eigenvalue weighted by molar-refractivity contribution is 7.92. The first-order valence-corrected chi connectivity index (χ1v) is 9.48. The lowest BCUT2D eigenvalue weighted by molar-refractivity contribution is -0.121. The highest BCUT2D eigenvalue weighted by Gasteiger charge is 2.30. The second-order valence-corrected chi connectivity index (χ2v) is 8.50. The van der Waals surface area contributed by atoms with Crippen molar-refractivity contribution in [2.75, 3.05) is 0 Å². The summed E-state index contributed by atoms with van der Waals surface area (Å²) in [6.07, 6.45) is 2.61. The summed E-state index contributed by atoms with van der Waals surface area (Å²) in [5, 5.41) is 3.64. The van der Waals surface area contributed by atoms with Crippen molar-refractivity contribution in [3.8, 4) is 0 Å². The first kappa shape index (κ1) is 13.8. The molecular weight excluding hydrogens is 314 g/mol. The molecule has 1 atom stereocenters. The van der Waals surface area contributed by atoms with Gasteiger partial charge in [0.25, 0.3) is 10.0 Å². The summed E-state index contributed by atoms with van der Waals surface area (Å²) >= 11 is 2.74. The number of sulfonamides is 1. The van der Waals surface area contributed by atoms with Crippen molar-refractivity contribution < 1.29 is 13.2 Å². The summed E-state index contributed by atoms with van der Waals surface area (Å²) in [7, 11) is -3.73. The van der Waals surface area contributed by atoms with Gasteiger partial charge in [-0.05, 0) is 47.7 Å². The Labute approximate surface area is 125 Å². The molecule has 0 radical (unpaired) electrons. The molecule has 3 rings (SSSR count). The van der Waals surface area contributed by atoms with Gasteiger partial charge in [0.2, 0.25) is 5.91 Å². The molecule has 0 fully saturated rings. The summed E-state index contributed by atoms with van der Waals surface area (Å²) in [6.45, 7) is 0. The number of amides is 1. The van der Waals surface area contributed by atoms with Crippen molar-refractivity contribution in [3.63, 3.8) is 0 Å². The minimum Gasteiger partial charge on any atom is -0.273 e. The molecule has 1 N–H and O–H groups in total. The summed E-state index contributed by atoms with van der Waals surface area (Å²) in [4.78, 5) is 13.5. The molecule has 0 saturated heterocycles. The Balaban J connectivity index is 1.82. The zero-order chi connectivity index (χ0) is 14.2. The van der Waals surface area contributed by atoms with E-state index in [1.807, 2.05) is 11.4 Å². The molecular formula is C13H13NO3S3. The molecule has 4 nitrogen and oxygen atoms in total. The summed E-state index contributed by atoms with van der Waals surface area (Å²) in [5.74, 6) is -0.766. The predicted molar refractivity (Wildman–Crippen MR) is 79.6 cm³/mol. The number of fused-ring (bicyclic) bond motifs is 1. The van der Waals surface area contributed by atoms with Crippen LogP contribution in [0.1, 0.15) is 29.2 Å². The first-order valence-electron chi connectivity index (χ1n) is 6.24. The molecule has 0 spiro atoms. The average molecular weight is 327 g/mol. The summed E-state index contributed by atoms with van der Waals surface area (Å²) in [6, 6.07) is 5.08. The van der Waals surface area contributed by atoms with Crippen LogP contribution in [0.3, 0.4) is 0 Å². The number of carbonyl (C=O) groups excluding carboxylic acids is 1. The predicted octanol–water partition coefficient (Wildman–Crippen LogP) is 2.73. The molecule has 7 heteroatoms. The number of nitrogens with one attached hydrogen (secondary N) is 1.